The van der Waals surface area contributed by atoms with Crippen LogP contribution in [0.4, 0.5) is 10.1 Å². The van der Waals surface area contributed by atoms with Crippen molar-refractivity contribution in [2.75, 3.05) is 25.2 Å². The van der Waals surface area contributed by atoms with E-state index in [9.17, 15) is 19.1 Å². The molecule has 1 aliphatic heterocycles. The van der Waals surface area contributed by atoms with E-state index in [1.54, 1.807) is 23.1 Å². The molecule has 1 heterocycles. The topological polar surface area (TPSA) is 78.9 Å². The number of carboxylic acids is 1. The van der Waals surface area contributed by atoms with Gasteiger partial charge in [0, 0.05) is 19.6 Å². The molecule has 0 bridgehead atoms. The van der Waals surface area contributed by atoms with E-state index < -0.39 is 11.8 Å². The smallest absolute Gasteiger partial charge is 0.550 e. The first-order valence-electron chi connectivity index (χ1n) is 9.50. The Morgan fingerprint density at radius 2 is 2.03 bits per heavy atom. The Hall–Kier alpha value is -1.93. The van der Waals surface area contributed by atoms with Crippen molar-refractivity contribution < 1.29 is 58.1 Å². The van der Waals surface area contributed by atoms with Gasteiger partial charge < -0.3 is 24.3 Å². The number of hydrogen-bond donors (Lipinski definition) is 0. The van der Waals surface area contributed by atoms with Crippen LogP contribution in [0, 0.1) is 5.82 Å². The molecule has 0 atom stereocenters. The molecule has 0 unspecified atom stereocenters. The number of amides is 1. The van der Waals surface area contributed by atoms with Crippen LogP contribution in [0.2, 0.25) is 0 Å². The summed E-state index contributed by atoms with van der Waals surface area (Å²) in [4.78, 5) is 24.7. The van der Waals surface area contributed by atoms with Gasteiger partial charge in [-0.15, -0.1) is 0 Å². The second-order valence-electron chi connectivity index (χ2n) is 6.93. The van der Waals surface area contributed by atoms with Gasteiger partial charge in [0.15, 0.2) is 0 Å². The Morgan fingerprint density at radius 3 is 2.73 bits per heavy atom. The first-order valence-corrected chi connectivity index (χ1v) is 9.50. The summed E-state index contributed by atoms with van der Waals surface area (Å²) in [7, 11) is 1.48. The third-order valence-corrected chi connectivity index (χ3v) is 4.86. The fraction of sp³-hybridized carbons (Fsp3) is 0.364. The van der Waals surface area contributed by atoms with Crippen LogP contribution in [0.3, 0.4) is 0 Å². The van der Waals surface area contributed by atoms with E-state index in [2.05, 4.69) is 0 Å². The minimum Gasteiger partial charge on any atom is -0.550 e. The van der Waals surface area contributed by atoms with Crippen molar-refractivity contribution in [3.8, 4) is 5.75 Å². The normalized spacial score (nSPS) is 12.7. The van der Waals surface area contributed by atoms with Crippen LogP contribution < -0.4 is 44.3 Å². The average molecular weight is 423 g/mol. The van der Waals surface area contributed by atoms with E-state index in [1.807, 2.05) is 12.1 Å². The molecule has 2 aromatic carbocycles. The molecular formula is C22H23FNNaO5. The molecule has 0 N–H and O–H groups in total. The minimum absolute atomic E-state index is 0. The zero-order valence-corrected chi connectivity index (χ0v) is 19.3. The summed E-state index contributed by atoms with van der Waals surface area (Å²) in [5.41, 5.74) is 2.71. The van der Waals surface area contributed by atoms with Crippen molar-refractivity contribution in [3.63, 3.8) is 0 Å². The second kappa shape index (κ2) is 11.5. The standard InChI is InChI=1S/C22H24FNO5.Na/c1-28-14-20(25)24-11-3-5-17-4-2-6-19(22(17)24)29-13-15-7-8-16(18(23)12-15)9-10-21(26)27;/h2,4,6-8,12H,3,5,9-11,13-14H2,1H3,(H,26,27);/q;+1/p-1. The molecule has 0 spiro atoms. The van der Waals surface area contributed by atoms with Crippen LogP contribution in [-0.2, 0) is 33.8 Å². The minimum atomic E-state index is -1.21. The van der Waals surface area contributed by atoms with Gasteiger partial charge >= 0.3 is 29.6 Å². The van der Waals surface area contributed by atoms with Gasteiger partial charge in [-0.05, 0) is 54.5 Å². The quantitative estimate of drug-likeness (QED) is 0.510. The van der Waals surface area contributed by atoms with E-state index in [-0.39, 0.29) is 61.5 Å². The maximum absolute atomic E-state index is 14.2. The van der Waals surface area contributed by atoms with Gasteiger partial charge in [0.2, 0.25) is 0 Å². The number of carbonyl (C=O) groups is 2. The summed E-state index contributed by atoms with van der Waals surface area (Å²) >= 11 is 0. The molecule has 154 valence electrons. The third kappa shape index (κ3) is 6.04. The van der Waals surface area contributed by atoms with Gasteiger partial charge in [-0.1, -0.05) is 24.3 Å². The van der Waals surface area contributed by atoms with Gasteiger partial charge in [-0.2, -0.15) is 0 Å². The predicted octanol–water partition coefficient (Wildman–Crippen LogP) is -0.983. The van der Waals surface area contributed by atoms with Crippen molar-refractivity contribution in [3.05, 3.63) is 58.9 Å². The SMILES string of the molecule is COCC(=O)N1CCCc2cccc(OCc3ccc(CCC(=O)[O-])c(F)c3)c21.[Na+]. The Bertz CT molecular complexity index is 905. The fourth-order valence-electron chi connectivity index (χ4n) is 3.46. The number of aliphatic carboxylic acids is 1. The van der Waals surface area contributed by atoms with Crippen LogP contribution >= 0.6 is 0 Å². The number of nitrogens with zero attached hydrogens (tertiary/aromatic N) is 1. The summed E-state index contributed by atoms with van der Waals surface area (Å²) in [5.74, 6) is -1.25. The van der Waals surface area contributed by atoms with Crippen LogP contribution in [0.5, 0.6) is 5.75 Å². The Labute approximate surface area is 197 Å². The van der Waals surface area contributed by atoms with Gasteiger partial charge in [0.05, 0.1) is 5.69 Å². The first-order chi connectivity index (χ1) is 14.0. The molecule has 1 amide bonds. The number of benzene rings is 2. The van der Waals surface area contributed by atoms with Crippen LogP contribution in [0.1, 0.15) is 29.5 Å². The number of rotatable bonds is 8. The van der Waals surface area contributed by atoms with Crippen molar-refractivity contribution in [2.24, 2.45) is 0 Å². The molecule has 3 rings (SSSR count). The molecule has 2 aromatic rings. The van der Waals surface area contributed by atoms with Crippen molar-refractivity contribution in [2.45, 2.75) is 32.3 Å². The molecule has 1 aliphatic rings. The van der Waals surface area contributed by atoms with Crippen molar-refractivity contribution in [1.29, 1.82) is 0 Å². The number of ether oxygens (including phenoxy) is 2. The number of aryl methyl sites for hydroxylation is 2. The summed E-state index contributed by atoms with van der Waals surface area (Å²) in [6.45, 7) is 0.712. The fourth-order valence-corrected chi connectivity index (χ4v) is 3.46. The number of halogens is 1. The van der Waals surface area contributed by atoms with E-state index in [0.717, 1.165) is 24.1 Å². The van der Waals surface area contributed by atoms with Gasteiger partial charge in [-0.3, -0.25) is 4.79 Å². The molecule has 0 saturated carbocycles. The van der Waals surface area contributed by atoms with E-state index in [4.69, 9.17) is 9.47 Å². The summed E-state index contributed by atoms with van der Waals surface area (Å²) < 4.78 is 25.1. The second-order valence-corrected chi connectivity index (χ2v) is 6.93. The Balaban J connectivity index is 0.00000320. The molecule has 0 saturated heterocycles. The number of fused-ring (bicyclic) bond motifs is 1. The largest absolute Gasteiger partial charge is 1.00 e. The zero-order chi connectivity index (χ0) is 20.8. The van der Waals surface area contributed by atoms with Gasteiger partial charge in [0.25, 0.3) is 5.91 Å². The number of para-hydroxylation sites is 1. The van der Waals surface area contributed by atoms with Crippen LogP contribution in [0.15, 0.2) is 36.4 Å². The molecule has 0 aromatic heterocycles. The van der Waals surface area contributed by atoms with E-state index >= 15 is 0 Å². The van der Waals surface area contributed by atoms with Gasteiger partial charge in [0.1, 0.15) is 24.8 Å². The molecule has 30 heavy (non-hydrogen) atoms. The maximum Gasteiger partial charge on any atom is 1.00 e. The molecule has 0 radical (unpaired) electrons. The van der Waals surface area contributed by atoms with Crippen LogP contribution in [0.25, 0.3) is 0 Å². The van der Waals surface area contributed by atoms with E-state index in [0.29, 0.717) is 23.4 Å². The van der Waals surface area contributed by atoms with Crippen LogP contribution in [-0.4, -0.2) is 32.1 Å². The van der Waals surface area contributed by atoms with Crippen molar-refractivity contribution >= 4 is 17.6 Å². The molecule has 0 aliphatic carbocycles. The summed E-state index contributed by atoms with van der Waals surface area (Å²) in [5, 5.41) is 10.6. The maximum atomic E-state index is 14.2. The molecule has 6 nitrogen and oxygen atoms in total. The average Bonchev–Trinajstić information content (AvgIpc) is 2.71. The number of carboxylic acid groups (broad SMARTS) is 1. The number of hydrogen-bond acceptors (Lipinski definition) is 5. The molecule has 0 fully saturated rings. The molecule has 8 heteroatoms. The zero-order valence-electron chi connectivity index (χ0n) is 17.3. The number of anilines is 1. The predicted molar refractivity (Wildman–Crippen MR) is 103 cm³/mol. The Kier molecular flexibility index (Phi) is 9.30. The summed E-state index contributed by atoms with van der Waals surface area (Å²) in [6, 6.07) is 10.3. The first kappa shape index (κ1) is 24.3. The number of methoxy groups -OCH3 is 1. The van der Waals surface area contributed by atoms with Gasteiger partial charge in [-0.25, -0.2) is 4.39 Å². The summed E-state index contributed by atoms with van der Waals surface area (Å²) in [6.07, 6.45) is 1.57. The van der Waals surface area contributed by atoms with E-state index in [1.165, 1.54) is 13.2 Å². The third-order valence-electron chi connectivity index (χ3n) is 4.86. The molecular weight excluding hydrogens is 400 g/mol. The number of carbonyl (C=O) groups excluding carboxylic acids is 2. The monoisotopic (exact) mass is 423 g/mol. The van der Waals surface area contributed by atoms with Crippen molar-refractivity contribution in [1.82, 2.24) is 0 Å². The Morgan fingerprint density at radius 1 is 1.23 bits per heavy atom.